The Bertz CT molecular complexity index is 780. The fraction of sp³-hybridized carbons (Fsp3) is 0.200. The van der Waals surface area contributed by atoms with Crippen LogP contribution in [0.3, 0.4) is 0 Å². The molecule has 1 N–H and O–H groups in total. The third-order valence-corrected chi connectivity index (χ3v) is 3.26. The summed E-state index contributed by atoms with van der Waals surface area (Å²) in [6.07, 6.45) is 0. The van der Waals surface area contributed by atoms with Gasteiger partial charge in [0.15, 0.2) is 0 Å². The first-order chi connectivity index (χ1) is 9.86. The van der Waals surface area contributed by atoms with Crippen LogP contribution in [0.2, 0.25) is 0 Å². The molecule has 0 saturated carbocycles. The lowest BCUT2D eigenvalue weighted by molar-refractivity contribution is 0.0694. The Morgan fingerprint density at radius 1 is 1.29 bits per heavy atom. The number of nitrogens with zero attached hydrogens (tertiary/aromatic N) is 1. The highest BCUT2D eigenvalue weighted by atomic mass is 19.1. The molecule has 1 heterocycles. The van der Waals surface area contributed by atoms with Crippen LogP contribution in [0.5, 0.6) is 5.75 Å². The van der Waals surface area contributed by atoms with Gasteiger partial charge >= 0.3 is 5.97 Å². The molecule has 0 unspecified atom stereocenters. The van der Waals surface area contributed by atoms with E-state index in [0.717, 1.165) is 4.57 Å². The summed E-state index contributed by atoms with van der Waals surface area (Å²) in [7, 11) is 1.42. The van der Waals surface area contributed by atoms with Gasteiger partial charge in [-0.05, 0) is 31.5 Å². The molecule has 110 valence electrons. The van der Waals surface area contributed by atoms with Gasteiger partial charge in [-0.3, -0.25) is 9.36 Å². The van der Waals surface area contributed by atoms with Crippen LogP contribution in [0.25, 0.3) is 5.69 Å². The van der Waals surface area contributed by atoms with Crippen molar-refractivity contribution in [1.29, 1.82) is 0 Å². The number of pyridine rings is 1. The van der Waals surface area contributed by atoms with Crippen molar-refractivity contribution >= 4 is 5.97 Å². The number of carbonyl (C=O) groups is 1. The molecule has 1 aromatic heterocycles. The maximum Gasteiger partial charge on any atom is 0.337 e. The Balaban J connectivity index is 2.84. The number of aromatic nitrogens is 1. The largest absolute Gasteiger partial charge is 0.497 e. The second kappa shape index (κ2) is 5.40. The molecule has 0 atom stereocenters. The van der Waals surface area contributed by atoms with E-state index >= 15 is 0 Å². The maximum absolute atomic E-state index is 14.0. The normalized spacial score (nSPS) is 10.5. The van der Waals surface area contributed by atoms with Gasteiger partial charge < -0.3 is 9.84 Å². The van der Waals surface area contributed by atoms with Crippen LogP contribution in [0.15, 0.2) is 29.1 Å². The molecule has 0 aliphatic rings. The summed E-state index contributed by atoms with van der Waals surface area (Å²) in [5.74, 6) is -1.43. The number of ether oxygens (including phenoxy) is 1. The molecule has 0 bridgehead atoms. The lowest BCUT2D eigenvalue weighted by atomic mass is 10.1. The average Bonchev–Trinajstić information content (AvgIpc) is 2.39. The number of hydrogen-bond acceptors (Lipinski definition) is 3. The molecule has 0 radical (unpaired) electrons. The Morgan fingerprint density at radius 2 is 1.95 bits per heavy atom. The van der Waals surface area contributed by atoms with Crippen molar-refractivity contribution in [2.45, 2.75) is 13.8 Å². The van der Waals surface area contributed by atoms with Gasteiger partial charge in [0.2, 0.25) is 0 Å². The van der Waals surface area contributed by atoms with Crippen molar-refractivity contribution in [2.75, 3.05) is 7.11 Å². The van der Waals surface area contributed by atoms with E-state index in [1.165, 1.54) is 45.2 Å². The summed E-state index contributed by atoms with van der Waals surface area (Å²) in [6, 6.07) is 5.12. The van der Waals surface area contributed by atoms with E-state index in [1.807, 2.05) is 0 Å². The fourth-order valence-corrected chi connectivity index (χ4v) is 2.30. The molecule has 2 rings (SSSR count). The number of hydrogen-bond donors (Lipinski definition) is 1. The molecule has 0 aliphatic heterocycles. The fourth-order valence-electron chi connectivity index (χ4n) is 2.30. The Hall–Kier alpha value is -2.63. The van der Waals surface area contributed by atoms with Gasteiger partial charge in [0.25, 0.3) is 5.56 Å². The number of halogens is 1. The lowest BCUT2D eigenvalue weighted by Crippen LogP contribution is -2.24. The second-order valence-electron chi connectivity index (χ2n) is 4.58. The highest BCUT2D eigenvalue weighted by Gasteiger charge is 2.18. The number of benzene rings is 1. The number of aromatic carboxylic acids is 1. The zero-order chi connectivity index (χ0) is 15.7. The molecular weight excluding hydrogens is 277 g/mol. The van der Waals surface area contributed by atoms with E-state index in [4.69, 9.17) is 4.74 Å². The molecule has 5 nitrogen and oxygen atoms in total. The average molecular weight is 291 g/mol. The van der Waals surface area contributed by atoms with E-state index in [9.17, 15) is 19.1 Å². The third-order valence-electron chi connectivity index (χ3n) is 3.26. The molecule has 21 heavy (non-hydrogen) atoms. The van der Waals surface area contributed by atoms with Crippen LogP contribution < -0.4 is 10.3 Å². The second-order valence-corrected chi connectivity index (χ2v) is 4.58. The van der Waals surface area contributed by atoms with Crippen molar-refractivity contribution in [1.82, 2.24) is 4.57 Å². The van der Waals surface area contributed by atoms with Crippen LogP contribution in [-0.2, 0) is 0 Å². The molecule has 0 amide bonds. The number of carboxylic acids is 1. The van der Waals surface area contributed by atoms with Crippen molar-refractivity contribution < 1.29 is 19.0 Å². The van der Waals surface area contributed by atoms with Crippen LogP contribution >= 0.6 is 0 Å². The van der Waals surface area contributed by atoms with Crippen LogP contribution in [0, 0.1) is 19.7 Å². The molecular formula is C15H14FNO4. The summed E-state index contributed by atoms with van der Waals surface area (Å²) >= 11 is 0. The zero-order valence-corrected chi connectivity index (χ0v) is 11.8. The summed E-state index contributed by atoms with van der Waals surface area (Å²) in [4.78, 5) is 23.5. The third kappa shape index (κ3) is 2.52. The highest BCUT2D eigenvalue weighted by molar-refractivity contribution is 5.90. The van der Waals surface area contributed by atoms with E-state index < -0.39 is 17.3 Å². The first-order valence-electron chi connectivity index (χ1n) is 6.17. The molecule has 6 heteroatoms. The van der Waals surface area contributed by atoms with Gasteiger partial charge in [-0.15, -0.1) is 0 Å². The molecule has 1 aromatic carbocycles. The zero-order valence-electron chi connectivity index (χ0n) is 11.8. The predicted octanol–water partition coefficient (Wildman–Crippen LogP) is 2.30. The molecule has 2 aromatic rings. The molecule has 0 aliphatic carbocycles. The van der Waals surface area contributed by atoms with Gasteiger partial charge in [-0.2, -0.15) is 0 Å². The van der Waals surface area contributed by atoms with Gasteiger partial charge in [0.05, 0.1) is 18.4 Å². The first-order valence-corrected chi connectivity index (χ1v) is 6.17. The van der Waals surface area contributed by atoms with Crippen molar-refractivity contribution in [2.24, 2.45) is 0 Å². The Kier molecular flexibility index (Phi) is 3.80. The minimum Gasteiger partial charge on any atom is -0.497 e. The molecule has 0 fully saturated rings. The molecule has 0 spiro atoms. The maximum atomic E-state index is 14.0. The predicted molar refractivity (Wildman–Crippen MR) is 75.0 cm³/mol. The minimum atomic E-state index is -1.16. The first kappa shape index (κ1) is 14.8. The van der Waals surface area contributed by atoms with Crippen LogP contribution in [-0.4, -0.2) is 22.8 Å². The number of methoxy groups -OCH3 is 1. The topological polar surface area (TPSA) is 68.5 Å². The summed E-state index contributed by atoms with van der Waals surface area (Å²) in [6.45, 7) is 3.00. The van der Waals surface area contributed by atoms with Crippen LogP contribution in [0.4, 0.5) is 4.39 Å². The Morgan fingerprint density at radius 3 is 2.52 bits per heavy atom. The summed E-state index contributed by atoms with van der Waals surface area (Å²) in [5, 5.41) is 9.24. The molecule has 0 saturated heterocycles. The number of rotatable bonds is 3. The minimum absolute atomic E-state index is 0.0168. The van der Waals surface area contributed by atoms with Gasteiger partial charge in [0.1, 0.15) is 11.6 Å². The lowest BCUT2D eigenvalue weighted by Gasteiger charge is -2.15. The van der Waals surface area contributed by atoms with Gasteiger partial charge in [-0.25, -0.2) is 9.18 Å². The number of carboxylic acid groups (broad SMARTS) is 1. The number of aryl methyl sites for hydroxylation is 1. The van der Waals surface area contributed by atoms with E-state index in [-0.39, 0.29) is 16.9 Å². The van der Waals surface area contributed by atoms with E-state index in [0.29, 0.717) is 11.3 Å². The smallest absolute Gasteiger partial charge is 0.337 e. The van der Waals surface area contributed by atoms with Gasteiger partial charge in [0, 0.05) is 17.8 Å². The van der Waals surface area contributed by atoms with E-state index in [1.54, 1.807) is 0 Å². The SMILES string of the molecule is COc1ccc(F)c(-n2c(C)c(C(=O)O)c(C)cc2=O)c1. The monoisotopic (exact) mass is 291 g/mol. The highest BCUT2D eigenvalue weighted by Crippen LogP contribution is 2.22. The Labute approximate surface area is 120 Å². The van der Waals surface area contributed by atoms with Crippen molar-refractivity contribution in [3.63, 3.8) is 0 Å². The standard InChI is InChI=1S/C15H14FNO4/c1-8-6-13(18)17(9(2)14(8)15(19)20)12-7-10(21-3)4-5-11(12)16/h4-7H,1-3H3,(H,19,20). The summed E-state index contributed by atoms with van der Waals surface area (Å²) in [5.41, 5.74) is -0.0532. The quantitative estimate of drug-likeness (QED) is 0.942. The summed E-state index contributed by atoms with van der Waals surface area (Å²) < 4.78 is 20.1. The van der Waals surface area contributed by atoms with Gasteiger partial charge in [-0.1, -0.05) is 0 Å². The van der Waals surface area contributed by atoms with Crippen molar-refractivity contribution in [3.8, 4) is 11.4 Å². The van der Waals surface area contributed by atoms with E-state index in [2.05, 4.69) is 0 Å². The van der Waals surface area contributed by atoms with Crippen molar-refractivity contribution in [3.05, 3.63) is 57.3 Å². The van der Waals surface area contributed by atoms with Crippen LogP contribution in [0.1, 0.15) is 21.6 Å².